The summed E-state index contributed by atoms with van der Waals surface area (Å²) < 4.78 is 5.33. The lowest BCUT2D eigenvalue weighted by Crippen LogP contribution is -2.33. The van der Waals surface area contributed by atoms with Crippen molar-refractivity contribution in [3.05, 3.63) is 47.7 Å². The number of hydrogen-bond donors (Lipinski definition) is 3. The molecule has 4 N–H and O–H groups in total. The van der Waals surface area contributed by atoms with E-state index in [0.29, 0.717) is 11.3 Å². The van der Waals surface area contributed by atoms with Crippen molar-refractivity contribution in [3.8, 4) is 22.6 Å². The predicted octanol–water partition coefficient (Wildman–Crippen LogP) is 4.81. The van der Waals surface area contributed by atoms with Crippen LogP contribution in [-0.2, 0) is 0 Å². The summed E-state index contributed by atoms with van der Waals surface area (Å²) in [4.78, 5) is 16.9. The van der Waals surface area contributed by atoms with Crippen LogP contribution in [0.5, 0.6) is 11.5 Å². The number of rotatable bonds is 5. The molecule has 2 aromatic carbocycles. The Morgan fingerprint density at radius 1 is 1.16 bits per heavy atom. The molecule has 6 nitrogen and oxygen atoms in total. The first-order valence-electron chi connectivity index (χ1n) is 10.7. The summed E-state index contributed by atoms with van der Waals surface area (Å²) >= 11 is 0. The van der Waals surface area contributed by atoms with Gasteiger partial charge in [-0.05, 0) is 80.5 Å². The number of benzene rings is 2. The number of nitrogens with zero attached hydrogens (tertiary/aromatic N) is 1. The minimum Gasteiger partial charge on any atom is -0.504 e. The van der Waals surface area contributed by atoms with E-state index in [0.717, 1.165) is 59.0 Å². The van der Waals surface area contributed by atoms with Gasteiger partial charge in [0.05, 0.1) is 23.9 Å². The molecule has 3 aromatic rings. The van der Waals surface area contributed by atoms with Crippen molar-refractivity contribution >= 4 is 22.4 Å². The van der Waals surface area contributed by atoms with Gasteiger partial charge in [0.25, 0.3) is 0 Å². The molecule has 0 unspecified atom stereocenters. The fourth-order valence-electron chi connectivity index (χ4n) is 4.33. The number of carbonyl (C=O) groups is 1. The molecule has 0 spiro atoms. The molecule has 1 saturated carbocycles. The lowest BCUT2D eigenvalue weighted by molar-refractivity contribution is 0.101. The maximum atomic E-state index is 12.4. The maximum absolute atomic E-state index is 12.4. The van der Waals surface area contributed by atoms with E-state index in [-0.39, 0.29) is 23.6 Å². The number of ether oxygens (including phenoxy) is 1. The summed E-state index contributed by atoms with van der Waals surface area (Å²) in [5, 5.41) is 14.7. The Morgan fingerprint density at radius 2 is 1.90 bits per heavy atom. The average Bonchev–Trinajstić information content (AvgIpc) is 2.76. The number of aryl methyl sites for hydroxylation is 1. The van der Waals surface area contributed by atoms with E-state index < -0.39 is 0 Å². The quantitative estimate of drug-likeness (QED) is 0.514. The average molecular weight is 420 g/mol. The van der Waals surface area contributed by atoms with Gasteiger partial charge >= 0.3 is 0 Å². The standard InChI is InChI=1S/C25H29N3O3/c1-14-10-17(12-23(31-3)25(14)30)16-4-9-22-20(11-16)24(21(13-27-22)15(2)29)28-19-7-5-18(26)6-8-19/h4,9-13,18-19,30H,5-8,26H2,1-3H3,(H,27,28). The third-order valence-corrected chi connectivity index (χ3v) is 6.19. The summed E-state index contributed by atoms with van der Waals surface area (Å²) in [5.41, 5.74) is 11.0. The molecule has 1 aromatic heterocycles. The van der Waals surface area contributed by atoms with E-state index in [1.165, 1.54) is 0 Å². The number of phenolic OH excluding ortho intramolecular Hbond substituents is 1. The van der Waals surface area contributed by atoms with E-state index in [1.54, 1.807) is 20.2 Å². The van der Waals surface area contributed by atoms with E-state index in [4.69, 9.17) is 10.5 Å². The van der Waals surface area contributed by atoms with Gasteiger partial charge in [0.1, 0.15) is 0 Å². The zero-order valence-corrected chi connectivity index (χ0v) is 18.2. The number of pyridine rings is 1. The van der Waals surface area contributed by atoms with Gasteiger partial charge < -0.3 is 20.9 Å². The third kappa shape index (κ3) is 4.21. The lowest BCUT2D eigenvalue weighted by atomic mass is 9.91. The molecule has 1 heterocycles. The fourth-order valence-corrected chi connectivity index (χ4v) is 4.33. The van der Waals surface area contributed by atoms with Gasteiger partial charge in [-0.1, -0.05) is 6.07 Å². The first-order chi connectivity index (χ1) is 14.9. The molecule has 0 saturated heterocycles. The number of aromatic hydroxyl groups is 1. The molecule has 0 bridgehead atoms. The van der Waals surface area contributed by atoms with Crippen molar-refractivity contribution in [3.63, 3.8) is 0 Å². The Labute approximate surface area is 182 Å². The van der Waals surface area contributed by atoms with Crippen LogP contribution >= 0.6 is 0 Å². The largest absolute Gasteiger partial charge is 0.504 e. The van der Waals surface area contributed by atoms with E-state index in [2.05, 4.69) is 16.4 Å². The Kier molecular flexibility index (Phi) is 5.83. The van der Waals surface area contributed by atoms with Gasteiger partial charge in [-0.2, -0.15) is 0 Å². The molecular weight excluding hydrogens is 390 g/mol. The number of phenols is 1. The molecule has 1 aliphatic carbocycles. The fraction of sp³-hybridized carbons (Fsp3) is 0.360. The number of ketones is 1. The second-order valence-corrected chi connectivity index (χ2v) is 8.44. The van der Waals surface area contributed by atoms with Crippen LogP contribution in [0.3, 0.4) is 0 Å². The highest BCUT2D eigenvalue weighted by Gasteiger charge is 2.22. The number of aromatic nitrogens is 1. The Hall–Kier alpha value is -3.12. The van der Waals surface area contributed by atoms with Crippen molar-refractivity contribution in [1.82, 2.24) is 4.98 Å². The van der Waals surface area contributed by atoms with Crippen LogP contribution in [0.2, 0.25) is 0 Å². The SMILES string of the molecule is COc1cc(-c2ccc3ncc(C(C)=O)c(NC4CCC(N)CC4)c3c2)cc(C)c1O. The molecule has 0 atom stereocenters. The summed E-state index contributed by atoms with van der Waals surface area (Å²) in [7, 11) is 1.54. The highest BCUT2D eigenvalue weighted by molar-refractivity contribution is 6.07. The molecule has 6 heteroatoms. The summed E-state index contributed by atoms with van der Waals surface area (Å²) in [5.74, 6) is 0.560. The molecule has 1 fully saturated rings. The van der Waals surface area contributed by atoms with Gasteiger partial charge in [0, 0.05) is 23.7 Å². The van der Waals surface area contributed by atoms with Crippen LogP contribution in [0, 0.1) is 6.92 Å². The minimum atomic E-state index is -0.0167. The van der Waals surface area contributed by atoms with E-state index in [1.807, 2.05) is 31.2 Å². The third-order valence-electron chi connectivity index (χ3n) is 6.19. The molecule has 0 radical (unpaired) electrons. The van der Waals surface area contributed by atoms with Crippen LogP contribution in [0.1, 0.15) is 48.5 Å². The molecule has 1 aliphatic rings. The van der Waals surface area contributed by atoms with Gasteiger partial charge in [0.15, 0.2) is 17.3 Å². The highest BCUT2D eigenvalue weighted by Crippen LogP contribution is 2.37. The van der Waals surface area contributed by atoms with Crippen LogP contribution in [0.15, 0.2) is 36.5 Å². The van der Waals surface area contributed by atoms with Gasteiger partial charge in [-0.3, -0.25) is 9.78 Å². The minimum absolute atomic E-state index is 0.0167. The first-order valence-corrected chi connectivity index (χ1v) is 10.7. The number of anilines is 1. The number of nitrogens with two attached hydrogens (primary N) is 1. The van der Waals surface area contributed by atoms with Crippen molar-refractivity contribution in [2.75, 3.05) is 12.4 Å². The number of hydrogen-bond acceptors (Lipinski definition) is 6. The summed E-state index contributed by atoms with van der Waals surface area (Å²) in [6.07, 6.45) is 5.59. The van der Waals surface area contributed by atoms with Gasteiger partial charge in [0.2, 0.25) is 0 Å². The van der Waals surface area contributed by atoms with Crippen molar-refractivity contribution in [1.29, 1.82) is 0 Å². The second kappa shape index (κ2) is 8.55. The molecule has 4 rings (SSSR count). The van der Waals surface area contributed by atoms with Gasteiger partial charge in [-0.25, -0.2) is 0 Å². The normalized spacial score (nSPS) is 18.7. The Bertz CT molecular complexity index is 1130. The number of carbonyl (C=O) groups excluding carboxylic acids is 1. The molecule has 31 heavy (non-hydrogen) atoms. The Balaban J connectivity index is 1.82. The first kappa shape index (κ1) is 21.1. The number of nitrogens with one attached hydrogen (secondary N) is 1. The zero-order valence-electron chi connectivity index (χ0n) is 18.2. The molecule has 0 amide bonds. The molecule has 162 valence electrons. The smallest absolute Gasteiger partial charge is 0.163 e. The lowest BCUT2D eigenvalue weighted by Gasteiger charge is -2.28. The molecular formula is C25H29N3O3. The van der Waals surface area contributed by atoms with Crippen LogP contribution in [0.25, 0.3) is 22.0 Å². The van der Waals surface area contributed by atoms with Crippen molar-refractivity contribution in [2.24, 2.45) is 5.73 Å². The monoisotopic (exact) mass is 419 g/mol. The number of methoxy groups -OCH3 is 1. The van der Waals surface area contributed by atoms with Crippen molar-refractivity contribution in [2.45, 2.75) is 51.6 Å². The van der Waals surface area contributed by atoms with E-state index in [9.17, 15) is 9.90 Å². The topological polar surface area (TPSA) is 97.5 Å². The predicted molar refractivity (Wildman–Crippen MR) is 124 cm³/mol. The maximum Gasteiger partial charge on any atom is 0.163 e. The number of fused-ring (bicyclic) bond motifs is 1. The Morgan fingerprint density at radius 3 is 2.58 bits per heavy atom. The van der Waals surface area contributed by atoms with Crippen molar-refractivity contribution < 1.29 is 14.6 Å². The summed E-state index contributed by atoms with van der Waals surface area (Å²) in [6, 6.07) is 10.3. The molecule has 0 aliphatic heterocycles. The van der Waals surface area contributed by atoms with Crippen LogP contribution < -0.4 is 15.8 Å². The summed E-state index contributed by atoms with van der Waals surface area (Å²) in [6.45, 7) is 3.42. The van der Waals surface area contributed by atoms with Gasteiger partial charge in [-0.15, -0.1) is 0 Å². The van der Waals surface area contributed by atoms with Crippen LogP contribution in [-0.4, -0.2) is 35.1 Å². The van der Waals surface area contributed by atoms with E-state index >= 15 is 0 Å². The number of Topliss-reactive ketones (excluding diaryl/α,β-unsaturated/α-hetero) is 1. The zero-order chi connectivity index (χ0) is 22.1. The highest BCUT2D eigenvalue weighted by atomic mass is 16.5. The second-order valence-electron chi connectivity index (χ2n) is 8.44. The van der Waals surface area contributed by atoms with Crippen LogP contribution in [0.4, 0.5) is 5.69 Å².